The first-order valence-electron chi connectivity index (χ1n) is 14.8. The van der Waals surface area contributed by atoms with Gasteiger partial charge < -0.3 is 34.2 Å². The number of carbonyl (C=O) groups is 1. The zero-order valence-electron chi connectivity index (χ0n) is 24.2. The van der Waals surface area contributed by atoms with Gasteiger partial charge in [0.05, 0.1) is 24.3 Å². The molecule has 5 aromatic rings. The van der Waals surface area contributed by atoms with Crippen LogP contribution in [0.15, 0.2) is 47.0 Å². The average molecular weight is 583 g/mol. The predicted molar refractivity (Wildman–Crippen MR) is 162 cm³/mol. The van der Waals surface area contributed by atoms with Gasteiger partial charge in [0.15, 0.2) is 11.5 Å². The molecule has 1 aliphatic carbocycles. The number of rotatable bonds is 9. The summed E-state index contributed by atoms with van der Waals surface area (Å²) >= 11 is 0. The van der Waals surface area contributed by atoms with Gasteiger partial charge in [-0.15, -0.1) is 0 Å². The van der Waals surface area contributed by atoms with Crippen molar-refractivity contribution in [1.82, 2.24) is 25.3 Å². The highest BCUT2D eigenvalue weighted by atomic mass is 16.5. The number of hydrogen-bond acceptors (Lipinski definition) is 9. The summed E-state index contributed by atoms with van der Waals surface area (Å²) in [5.41, 5.74) is 5.16. The molecule has 222 valence electrons. The highest BCUT2D eigenvalue weighted by Crippen LogP contribution is 2.38. The van der Waals surface area contributed by atoms with E-state index in [9.17, 15) is 4.79 Å². The molecule has 7 rings (SSSR count). The van der Waals surface area contributed by atoms with Crippen LogP contribution in [0.4, 0.5) is 11.6 Å². The fraction of sp³-hybridized carbons (Fsp3) is 0.375. The number of aryl methyl sites for hydroxylation is 1. The maximum absolute atomic E-state index is 12.8. The highest BCUT2D eigenvalue weighted by Gasteiger charge is 2.23. The summed E-state index contributed by atoms with van der Waals surface area (Å²) in [7, 11) is 1.57. The molecular weight excluding hydrogens is 548 g/mol. The van der Waals surface area contributed by atoms with Crippen LogP contribution in [0.3, 0.4) is 0 Å². The van der Waals surface area contributed by atoms with Crippen molar-refractivity contribution in [1.29, 1.82) is 0 Å². The monoisotopic (exact) mass is 582 g/mol. The Balaban J connectivity index is 1.19. The number of aromatic nitrogens is 4. The van der Waals surface area contributed by atoms with Gasteiger partial charge in [-0.25, -0.2) is 4.98 Å². The Morgan fingerprint density at radius 3 is 2.77 bits per heavy atom. The van der Waals surface area contributed by atoms with Crippen molar-refractivity contribution in [3.05, 3.63) is 54.0 Å². The third-order valence-corrected chi connectivity index (χ3v) is 8.11. The van der Waals surface area contributed by atoms with E-state index in [1.165, 1.54) is 0 Å². The standard InChI is InChI=1S/C32H34N6O5/c1-18-35-25-11-9-19(14-27(25)42-18)23-17-33-29-28(23)31(43-21-6-3-4-7-21)38-32(37-29)36-24-12-10-20(15-26(24)40-2)30(39)34-16-22-8-5-13-41-22/h9-12,14-15,17,21-22H,3-8,13,16H2,1-2H3,(H,34,39)(H2,33,36,37,38)/t22-/m0/s1. The van der Waals surface area contributed by atoms with E-state index >= 15 is 0 Å². The van der Waals surface area contributed by atoms with Gasteiger partial charge in [-0.1, -0.05) is 6.07 Å². The minimum absolute atomic E-state index is 0.0715. The van der Waals surface area contributed by atoms with Crippen molar-refractivity contribution in [2.24, 2.45) is 0 Å². The van der Waals surface area contributed by atoms with Crippen molar-refractivity contribution in [3.63, 3.8) is 0 Å². The molecule has 1 saturated heterocycles. The van der Waals surface area contributed by atoms with Gasteiger partial charge >= 0.3 is 0 Å². The number of benzene rings is 2. The predicted octanol–water partition coefficient (Wildman–Crippen LogP) is 6.06. The molecule has 0 unspecified atom stereocenters. The van der Waals surface area contributed by atoms with Crippen LogP contribution in [0.25, 0.3) is 33.3 Å². The summed E-state index contributed by atoms with van der Waals surface area (Å²) in [6, 6.07) is 11.2. The van der Waals surface area contributed by atoms with E-state index in [1.807, 2.05) is 31.3 Å². The molecular formula is C32H34N6O5. The topological polar surface area (TPSA) is 136 Å². The molecule has 2 aromatic carbocycles. The summed E-state index contributed by atoms with van der Waals surface area (Å²) in [5, 5.41) is 7.04. The summed E-state index contributed by atoms with van der Waals surface area (Å²) < 4.78 is 23.5. The minimum atomic E-state index is -0.178. The molecule has 0 spiro atoms. The number of carbonyl (C=O) groups excluding carboxylic acids is 1. The Morgan fingerprint density at radius 2 is 1.95 bits per heavy atom. The van der Waals surface area contributed by atoms with Crippen molar-refractivity contribution in [3.8, 4) is 22.8 Å². The van der Waals surface area contributed by atoms with Crippen LogP contribution in [0, 0.1) is 6.92 Å². The Morgan fingerprint density at radius 1 is 1.07 bits per heavy atom. The number of amides is 1. The maximum Gasteiger partial charge on any atom is 0.251 e. The van der Waals surface area contributed by atoms with Gasteiger partial charge in [0.1, 0.15) is 23.0 Å². The molecule has 1 aliphatic heterocycles. The normalized spacial score (nSPS) is 17.1. The second-order valence-electron chi connectivity index (χ2n) is 11.1. The number of anilines is 2. The zero-order valence-corrected chi connectivity index (χ0v) is 24.2. The van der Waals surface area contributed by atoms with Gasteiger partial charge in [-0.3, -0.25) is 4.79 Å². The molecule has 43 heavy (non-hydrogen) atoms. The molecule has 3 N–H and O–H groups in total. The summed E-state index contributed by atoms with van der Waals surface area (Å²) in [4.78, 5) is 30.1. The first-order chi connectivity index (χ1) is 21.0. The van der Waals surface area contributed by atoms with E-state index < -0.39 is 0 Å². The van der Waals surface area contributed by atoms with Crippen LogP contribution >= 0.6 is 0 Å². The lowest BCUT2D eigenvalue weighted by Gasteiger charge is -2.16. The van der Waals surface area contributed by atoms with Crippen molar-refractivity contribution >= 4 is 39.7 Å². The Labute approximate surface area is 248 Å². The number of nitrogens with zero attached hydrogens (tertiary/aromatic N) is 3. The van der Waals surface area contributed by atoms with E-state index in [4.69, 9.17) is 28.6 Å². The first-order valence-corrected chi connectivity index (χ1v) is 14.8. The van der Waals surface area contributed by atoms with Crippen LogP contribution in [0.5, 0.6) is 11.6 Å². The van der Waals surface area contributed by atoms with Crippen molar-refractivity contribution in [2.75, 3.05) is 25.6 Å². The lowest BCUT2D eigenvalue weighted by atomic mass is 10.1. The smallest absolute Gasteiger partial charge is 0.251 e. The van der Waals surface area contributed by atoms with E-state index in [-0.39, 0.29) is 18.1 Å². The molecule has 2 aliphatic rings. The molecule has 0 bridgehead atoms. The minimum Gasteiger partial charge on any atom is -0.495 e. The van der Waals surface area contributed by atoms with Gasteiger partial charge in [0, 0.05) is 37.4 Å². The Kier molecular flexibility index (Phi) is 7.32. The summed E-state index contributed by atoms with van der Waals surface area (Å²) in [6.45, 7) is 3.08. The highest BCUT2D eigenvalue weighted by molar-refractivity contribution is 5.99. The molecule has 4 heterocycles. The molecule has 11 nitrogen and oxygen atoms in total. The third kappa shape index (κ3) is 5.60. The number of methoxy groups -OCH3 is 1. The first kappa shape index (κ1) is 27.2. The third-order valence-electron chi connectivity index (χ3n) is 8.11. The Hall–Kier alpha value is -4.64. The second-order valence-corrected chi connectivity index (χ2v) is 11.1. The molecule has 1 atom stereocenters. The van der Waals surface area contributed by atoms with E-state index in [0.29, 0.717) is 46.9 Å². The average Bonchev–Trinajstić information content (AvgIpc) is 3.83. The van der Waals surface area contributed by atoms with Crippen molar-refractivity contribution in [2.45, 2.75) is 57.7 Å². The number of aromatic amines is 1. The van der Waals surface area contributed by atoms with Crippen LogP contribution in [-0.2, 0) is 4.74 Å². The second kappa shape index (κ2) is 11.6. The van der Waals surface area contributed by atoms with Gasteiger partial charge in [-0.05, 0) is 74.4 Å². The molecule has 0 radical (unpaired) electrons. The van der Waals surface area contributed by atoms with Gasteiger partial charge in [-0.2, -0.15) is 9.97 Å². The van der Waals surface area contributed by atoms with Gasteiger partial charge in [0.25, 0.3) is 5.91 Å². The van der Waals surface area contributed by atoms with Crippen LogP contribution in [0.2, 0.25) is 0 Å². The number of nitrogens with one attached hydrogen (secondary N) is 3. The lowest BCUT2D eigenvalue weighted by Crippen LogP contribution is -2.31. The largest absolute Gasteiger partial charge is 0.495 e. The lowest BCUT2D eigenvalue weighted by molar-refractivity contribution is 0.0857. The maximum atomic E-state index is 12.8. The van der Waals surface area contributed by atoms with Gasteiger partial charge in [0.2, 0.25) is 11.8 Å². The number of hydrogen-bond donors (Lipinski definition) is 3. The number of fused-ring (bicyclic) bond motifs is 2. The fourth-order valence-electron chi connectivity index (χ4n) is 5.91. The molecule has 2 fully saturated rings. The molecule has 1 saturated carbocycles. The summed E-state index contributed by atoms with van der Waals surface area (Å²) in [5.74, 6) is 1.80. The van der Waals surface area contributed by atoms with Crippen LogP contribution in [-0.4, -0.2) is 58.3 Å². The SMILES string of the molecule is COc1cc(C(=O)NC[C@@H]2CCCO2)ccc1Nc1nc(OC2CCCC2)c2c(-c3ccc4nc(C)oc4c3)c[nH]c2n1. The molecule has 11 heteroatoms. The number of ether oxygens (including phenoxy) is 3. The van der Waals surface area contributed by atoms with E-state index in [2.05, 4.69) is 20.6 Å². The Bertz CT molecular complexity index is 1780. The quantitative estimate of drug-likeness (QED) is 0.189. The van der Waals surface area contributed by atoms with Crippen molar-refractivity contribution < 1.29 is 23.4 Å². The van der Waals surface area contributed by atoms with E-state index in [1.54, 1.807) is 25.3 Å². The zero-order chi connectivity index (χ0) is 29.3. The summed E-state index contributed by atoms with van der Waals surface area (Å²) in [6.07, 6.45) is 8.31. The molecule has 1 amide bonds. The fourth-order valence-corrected chi connectivity index (χ4v) is 5.91. The number of oxazole rings is 1. The number of H-pyrrole nitrogens is 1. The van der Waals surface area contributed by atoms with Crippen LogP contribution < -0.4 is 20.1 Å². The van der Waals surface area contributed by atoms with E-state index in [0.717, 1.165) is 72.7 Å². The van der Waals surface area contributed by atoms with Crippen LogP contribution in [0.1, 0.15) is 54.8 Å². The molecule has 3 aromatic heterocycles.